The van der Waals surface area contributed by atoms with E-state index in [9.17, 15) is 18.0 Å². The summed E-state index contributed by atoms with van der Waals surface area (Å²) in [5.41, 5.74) is 1.35. The van der Waals surface area contributed by atoms with Crippen molar-refractivity contribution in [1.29, 1.82) is 0 Å². The lowest BCUT2D eigenvalue weighted by Crippen LogP contribution is -2.28. The van der Waals surface area contributed by atoms with E-state index in [1.165, 1.54) is 28.6 Å². The molecule has 31 heavy (non-hydrogen) atoms. The molecule has 0 bridgehead atoms. The van der Waals surface area contributed by atoms with E-state index in [2.05, 4.69) is 0 Å². The minimum Gasteiger partial charge on any atom is -0.457 e. The number of carbonyl (C=O) groups excluding carboxylic acids is 1. The van der Waals surface area contributed by atoms with Crippen molar-refractivity contribution >= 4 is 38.6 Å². The number of carbonyl (C=O) groups is 1. The first kappa shape index (κ1) is 21.5. The highest BCUT2D eigenvalue weighted by Gasteiger charge is 2.30. The van der Waals surface area contributed by atoms with E-state index < -0.39 is 21.6 Å². The minimum absolute atomic E-state index is 0.0467. The van der Waals surface area contributed by atoms with Gasteiger partial charge in [-0.3, -0.25) is 0 Å². The molecule has 1 saturated heterocycles. The molecule has 0 saturated carbocycles. The predicted octanol–water partition coefficient (Wildman–Crippen LogP) is 3.90. The number of esters is 1. The van der Waals surface area contributed by atoms with Crippen LogP contribution in [0, 0.1) is 6.92 Å². The monoisotopic (exact) mass is 461 g/mol. The Morgan fingerprint density at radius 1 is 1.13 bits per heavy atom. The van der Waals surface area contributed by atoms with Crippen molar-refractivity contribution in [2.24, 2.45) is 0 Å². The van der Waals surface area contributed by atoms with Crippen LogP contribution < -0.4 is 5.63 Å². The zero-order valence-electron chi connectivity index (χ0n) is 16.8. The second-order valence-corrected chi connectivity index (χ2v) is 9.74. The summed E-state index contributed by atoms with van der Waals surface area (Å²) < 4.78 is 37.7. The van der Waals surface area contributed by atoms with Gasteiger partial charge in [0.1, 0.15) is 17.1 Å². The zero-order valence-corrected chi connectivity index (χ0v) is 18.3. The SMILES string of the molecule is Cc1ccc2c(COC(=O)c3ccc(Cl)c(S(=O)(=O)N4CCCC4)c3)cc(=O)oc2c1. The molecule has 0 unspecified atom stereocenters. The van der Waals surface area contributed by atoms with Gasteiger partial charge in [-0.2, -0.15) is 4.31 Å². The lowest BCUT2D eigenvalue weighted by atomic mass is 10.1. The van der Waals surface area contributed by atoms with Gasteiger partial charge in [-0.05, 0) is 49.6 Å². The largest absolute Gasteiger partial charge is 0.457 e. The third-order valence-electron chi connectivity index (χ3n) is 5.19. The van der Waals surface area contributed by atoms with Crippen molar-refractivity contribution in [3.63, 3.8) is 0 Å². The first-order valence-corrected chi connectivity index (χ1v) is 11.6. The predicted molar refractivity (Wildman–Crippen MR) is 116 cm³/mol. The highest BCUT2D eigenvalue weighted by atomic mass is 35.5. The van der Waals surface area contributed by atoms with Gasteiger partial charge in [-0.1, -0.05) is 23.7 Å². The van der Waals surface area contributed by atoms with Gasteiger partial charge in [0.15, 0.2) is 0 Å². The molecule has 0 spiro atoms. The van der Waals surface area contributed by atoms with Gasteiger partial charge >= 0.3 is 11.6 Å². The Morgan fingerprint density at radius 2 is 1.87 bits per heavy atom. The number of nitrogens with zero attached hydrogens (tertiary/aromatic N) is 1. The molecular weight excluding hydrogens is 442 g/mol. The van der Waals surface area contributed by atoms with Crippen LogP contribution in [0.1, 0.15) is 34.3 Å². The summed E-state index contributed by atoms with van der Waals surface area (Å²) >= 11 is 6.13. The Labute approximate surface area is 184 Å². The van der Waals surface area contributed by atoms with Crippen LogP contribution in [0.5, 0.6) is 0 Å². The van der Waals surface area contributed by atoms with Crippen LogP contribution >= 0.6 is 11.6 Å². The Kier molecular flexibility index (Phi) is 5.88. The summed E-state index contributed by atoms with van der Waals surface area (Å²) in [6, 6.07) is 10.7. The van der Waals surface area contributed by atoms with Crippen LogP contribution in [0.25, 0.3) is 11.0 Å². The lowest BCUT2D eigenvalue weighted by molar-refractivity contribution is 0.0473. The second kappa shape index (κ2) is 8.45. The minimum atomic E-state index is -3.79. The third-order valence-corrected chi connectivity index (χ3v) is 7.57. The van der Waals surface area contributed by atoms with Gasteiger partial charge in [-0.25, -0.2) is 18.0 Å². The molecule has 162 valence electrons. The van der Waals surface area contributed by atoms with Crippen LogP contribution in [0.3, 0.4) is 0 Å². The fraction of sp³-hybridized carbons (Fsp3) is 0.273. The molecule has 1 aliphatic rings. The maximum atomic E-state index is 12.9. The molecule has 1 fully saturated rings. The van der Waals surface area contributed by atoms with Gasteiger partial charge in [0.05, 0.1) is 10.6 Å². The van der Waals surface area contributed by atoms with Gasteiger partial charge in [0.2, 0.25) is 10.0 Å². The topological polar surface area (TPSA) is 93.9 Å². The summed E-state index contributed by atoms with van der Waals surface area (Å²) in [6.07, 6.45) is 1.58. The van der Waals surface area contributed by atoms with Crippen molar-refractivity contribution in [3.05, 3.63) is 74.6 Å². The van der Waals surface area contributed by atoms with Crippen molar-refractivity contribution in [3.8, 4) is 0 Å². The Bertz CT molecular complexity index is 1330. The van der Waals surface area contributed by atoms with E-state index >= 15 is 0 Å². The third kappa shape index (κ3) is 4.37. The van der Waals surface area contributed by atoms with Crippen LogP contribution in [0.2, 0.25) is 5.02 Å². The molecule has 1 aliphatic heterocycles. The van der Waals surface area contributed by atoms with E-state index in [-0.39, 0.29) is 22.1 Å². The van der Waals surface area contributed by atoms with Crippen molar-refractivity contribution in [2.75, 3.05) is 13.1 Å². The highest BCUT2D eigenvalue weighted by Crippen LogP contribution is 2.28. The van der Waals surface area contributed by atoms with Crippen LogP contribution in [0.4, 0.5) is 0 Å². The summed E-state index contributed by atoms with van der Waals surface area (Å²) in [7, 11) is -3.79. The first-order chi connectivity index (χ1) is 14.8. The van der Waals surface area contributed by atoms with E-state index in [0.29, 0.717) is 29.6 Å². The molecule has 3 aromatic rings. The molecule has 1 aromatic heterocycles. The fourth-order valence-electron chi connectivity index (χ4n) is 3.58. The number of ether oxygens (including phenoxy) is 1. The number of sulfonamides is 1. The number of rotatable bonds is 5. The van der Waals surface area contributed by atoms with E-state index in [1.807, 2.05) is 13.0 Å². The molecule has 0 N–H and O–H groups in total. The number of hydrogen-bond donors (Lipinski definition) is 0. The molecule has 0 radical (unpaired) electrons. The van der Waals surface area contributed by atoms with Gasteiger partial charge in [0.25, 0.3) is 0 Å². The average molecular weight is 462 g/mol. The molecule has 2 aromatic carbocycles. The number of aryl methyl sites for hydroxylation is 1. The van der Waals surface area contributed by atoms with Crippen LogP contribution in [-0.2, 0) is 21.4 Å². The first-order valence-electron chi connectivity index (χ1n) is 9.76. The number of hydrogen-bond acceptors (Lipinski definition) is 6. The van der Waals surface area contributed by atoms with Crippen LogP contribution in [0.15, 0.2) is 56.6 Å². The molecule has 7 nitrogen and oxygen atoms in total. The molecule has 4 rings (SSSR count). The Hall–Kier alpha value is -2.68. The number of fused-ring (bicyclic) bond motifs is 1. The van der Waals surface area contributed by atoms with Gasteiger partial charge in [-0.15, -0.1) is 0 Å². The maximum absolute atomic E-state index is 12.9. The summed E-state index contributed by atoms with van der Waals surface area (Å²) in [4.78, 5) is 24.4. The molecular formula is C22H20ClNO6S. The van der Waals surface area contributed by atoms with Gasteiger partial charge < -0.3 is 9.15 Å². The van der Waals surface area contributed by atoms with E-state index in [0.717, 1.165) is 18.4 Å². The summed E-state index contributed by atoms with van der Waals surface area (Å²) in [6.45, 7) is 2.56. The average Bonchev–Trinajstić information content (AvgIpc) is 3.27. The molecule has 0 amide bonds. The number of benzene rings is 2. The molecule has 9 heteroatoms. The standard InChI is InChI=1S/C22H20ClNO6S/c1-14-4-6-17-16(12-21(25)30-19(17)10-14)13-29-22(26)15-5-7-18(23)20(11-15)31(27,28)24-8-2-3-9-24/h4-7,10-12H,2-3,8-9,13H2,1H3. The Morgan fingerprint density at radius 3 is 2.61 bits per heavy atom. The smallest absolute Gasteiger partial charge is 0.338 e. The van der Waals surface area contributed by atoms with Crippen molar-refractivity contribution in [2.45, 2.75) is 31.3 Å². The quantitative estimate of drug-likeness (QED) is 0.422. The molecule has 0 atom stereocenters. The fourth-order valence-corrected chi connectivity index (χ4v) is 5.60. The van der Waals surface area contributed by atoms with Crippen LogP contribution in [-0.4, -0.2) is 31.8 Å². The van der Waals surface area contributed by atoms with Gasteiger partial charge in [0, 0.05) is 30.1 Å². The Balaban J connectivity index is 1.59. The normalized spacial score (nSPS) is 14.8. The van der Waals surface area contributed by atoms with Crippen molar-refractivity contribution < 1.29 is 22.4 Å². The van der Waals surface area contributed by atoms with Crippen molar-refractivity contribution in [1.82, 2.24) is 4.31 Å². The summed E-state index contributed by atoms with van der Waals surface area (Å²) in [5, 5.41) is 0.705. The maximum Gasteiger partial charge on any atom is 0.338 e. The van der Waals surface area contributed by atoms with E-state index in [4.69, 9.17) is 20.8 Å². The highest BCUT2D eigenvalue weighted by molar-refractivity contribution is 7.89. The lowest BCUT2D eigenvalue weighted by Gasteiger charge is -2.17. The number of halogens is 1. The van der Waals surface area contributed by atoms with E-state index in [1.54, 1.807) is 12.1 Å². The zero-order chi connectivity index (χ0) is 22.2. The second-order valence-electron chi connectivity index (χ2n) is 7.42. The summed E-state index contributed by atoms with van der Waals surface area (Å²) in [5.74, 6) is -0.719. The molecule has 0 aliphatic carbocycles. The molecule has 2 heterocycles.